The van der Waals surface area contributed by atoms with E-state index in [-0.39, 0.29) is 24.3 Å². The first kappa shape index (κ1) is 12.9. The van der Waals surface area contributed by atoms with E-state index in [0.717, 1.165) is 0 Å². The summed E-state index contributed by atoms with van der Waals surface area (Å²) >= 11 is 0. The molecule has 0 spiro atoms. The maximum Gasteiger partial charge on any atom is 0.370 e. The highest BCUT2D eigenvalue weighted by Crippen LogP contribution is 2.45. The maximum absolute atomic E-state index is 11.9. The van der Waals surface area contributed by atoms with Crippen molar-refractivity contribution < 1.29 is 24.2 Å². The maximum atomic E-state index is 11.9. The molecule has 2 rings (SSSR count). The Bertz CT molecular complexity index is 421. The number of amides is 1. The Morgan fingerprint density at radius 3 is 2.56 bits per heavy atom. The van der Waals surface area contributed by atoms with Gasteiger partial charge >= 0.3 is 11.9 Å². The second kappa shape index (κ2) is 3.96. The monoisotopic (exact) mass is 255 g/mol. The second-order valence-corrected chi connectivity index (χ2v) is 5.02. The highest BCUT2D eigenvalue weighted by Gasteiger charge is 2.65. The van der Waals surface area contributed by atoms with Gasteiger partial charge in [-0.2, -0.15) is 0 Å². The Hall–Kier alpha value is -1.59. The van der Waals surface area contributed by atoms with Gasteiger partial charge in [-0.25, -0.2) is 4.79 Å². The lowest BCUT2D eigenvalue weighted by molar-refractivity contribution is -0.223. The highest BCUT2D eigenvalue weighted by atomic mass is 16.6. The molecule has 0 aromatic rings. The molecule has 18 heavy (non-hydrogen) atoms. The molecule has 2 aliphatic rings. The molecule has 2 aliphatic heterocycles. The number of carboxylic acid groups (broad SMARTS) is 1. The van der Waals surface area contributed by atoms with Crippen LogP contribution in [0.4, 0.5) is 0 Å². The predicted molar refractivity (Wildman–Crippen MR) is 60.3 cm³/mol. The van der Waals surface area contributed by atoms with Gasteiger partial charge in [-0.05, 0) is 13.3 Å². The number of carbonyl (C=O) groups is 3. The Balaban J connectivity index is 2.42. The van der Waals surface area contributed by atoms with E-state index < -0.39 is 23.6 Å². The van der Waals surface area contributed by atoms with Crippen molar-refractivity contribution in [1.82, 2.24) is 4.90 Å². The summed E-state index contributed by atoms with van der Waals surface area (Å²) in [7, 11) is 0. The fraction of sp³-hybridized carbons (Fsp3) is 0.750. The zero-order valence-electron chi connectivity index (χ0n) is 10.7. The molecule has 1 N–H and O–H groups in total. The molecule has 0 radical (unpaired) electrons. The number of ether oxygens (including phenoxy) is 1. The number of carboxylic acids is 1. The molecule has 4 atom stereocenters. The molecular formula is C12H17NO5. The van der Waals surface area contributed by atoms with Gasteiger partial charge in [0.15, 0.2) is 0 Å². The van der Waals surface area contributed by atoms with Gasteiger partial charge in [0.2, 0.25) is 5.91 Å². The van der Waals surface area contributed by atoms with Crippen LogP contribution in [0.2, 0.25) is 0 Å². The molecule has 0 aliphatic carbocycles. The van der Waals surface area contributed by atoms with Crippen LogP contribution < -0.4 is 0 Å². The quantitative estimate of drug-likeness (QED) is 0.590. The minimum Gasteiger partial charge on any atom is -0.477 e. The fourth-order valence-electron chi connectivity index (χ4n) is 2.86. The molecule has 2 saturated heterocycles. The number of β-lactam (4-membered cyclic amide) rings is 1. The Morgan fingerprint density at radius 2 is 2.11 bits per heavy atom. The molecule has 6 heteroatoms. The summed E-state index contributed by atoms with van der Waals surface area (Å²) in [5.74, 6) is -2.78. The van der Waals surface area contributed by atoms with Crippen LogP contribution in [0.15, 0.2) is 0 Å². The molecule has 0 saturated carbocycles. The third kappa shape index (κ3) is 1.38. The minimum atomic E-state index is -1.80. The first-order chi connectivity index (χ1) is 8.36. The molecule has 2 fully saturated rings. The molecular weight excluding hydrogens is 238 g/mol. The van der Waals surface area contributed by atoms with E-state index in [0.29, 0.717) is 6.42 Å². The summed E-state index contributed by atoms with van der Waals surface area (Å²) < 4.78 is 5.07. The van der Waals surface area contributed by atoms with E-state index in [1.165, 1.54) is 4.90 Å². The standard InChI is InChI=1S/C12H17NO5/c1-4-8-5-9(14)18-12(8,11(16)17)13-7(3)6(2)10(13)15/h6-8H,4-5H2,1-3H3,(H,16,17)/t6-,7+,8+,12+/m0/s1. The molecule has 0 unspecified atom stereocenters. The Kier molecular flexibility index (Phi) is 2.83. The number of cyclic esters (lactones) is 1. The van der Waals surface area contributed by atoms with Crippen LogP contribution in [-0.2, 0) is 19.1 Å². The van der Waals surface area contributed by atoms with Crippen molar-refractivity contribution in [2.75, 3.05) is 0 Å². The van der Waals surface area contributed by atoms with Gasteiger partial charge in [-0.15, -0.1) is 0 Å². The van der Waals surface area contributed by atoms with Gasteiger partial charge in [0.05, 0.1) is 12.3 Å². The molecule has 2 heterocycles. The van der Waals surface area contributed by atoms with Crippen molar-refractivity contribution in [2.45, 2.75) is 45.4 Å². The van der Waals surface area contributed by atoms with Crippen LogP contribution in [0.1, 0.15) is 33.6 Å². The van der Waals surface area contributed by atoms with E-state index in [2.05, 4.69) is 0 Å². The topological polar surface area (TPSA) is 83.9 Å². The second-order valence-electron chi connectivity index (χ2n) is 5.02. The molecule has 100 valence electrons. The summed E-state index contributed by atoms with van der Waals surface area (Å²) in [5, 5.41) is 9.47. The normalized spacial score (nSPS) is 39.5. The summed E-state index contributed by atoms with van der Waals surface area (Å²) in [6.07, 6.45) is 0.524. The number of hydrogen-bond acceptors (Lipinski definition) is 4. The first-order valence-electron chi connectivity index (χ1n) is 6.14. The number of carbonyl (C=O) groups excluding carboxylic acids is 2. The van der Waals surface area contributed by atoms with Crippen molar-refractivity contribution >= 4 is 17.8 Å². The molecule has 6 nitrogen and oxygen atoms in total. The zero-order chi connectivity index (χ0) is 13.7. The van der Waals surface area contributed by atoms with Crippen molar-refractivity contribution in [2.24, 2.45) is 11.8 Å². The predicted octanol–water partition coefficient (Wildman–Crippen LogP) is 0.607. The SMILES string of the molecule is CC[C@@H]1CC(=O)O[C@]1(C(=O)O)N1C(=O)[C@@H](C)[C@H]1C. The number of esters is 1. The number of likely N-dealkylation sites (tertiary alicyclic amines) is 1. The van der Waals surface area contributed by atoms with Gasteiger partial charge in [0.25, 0.3) is 5.72 Å². The van der Waals surface area contributed by atoms with Gasteiger partial charge < -0.3 is 9.84 Å². The largest absolute Gasteiger partial charge is 0.477 e. The van der Waals surface area contributed by atoms with Gasteiger partial charge in [0, 0.05) is 12.0 Å². The lowest BCUT2D eigenvalue weighted by Gasteiger charge is -2.52. The minimum absolute atomic E-state index is 0.0493. The van der Waals surface area contributed by atoms with E-state index in [9.17, 15) is 19.5 Å². The van der Waals surface area contributed by atoms with Crippen molar-refractivity contribution in [3.05, 3.63) is 0 Å². The van der Waals surface area contributed by atoms with Crippen molar-refractivity contribution in [3.63, 3.8) is 0 Å². The first-order valence-corrected chi connectivity index (χ1v) is 6.14. The number of nitrogens with zero attached hydrogens (tertiary/aromatic N) is 1. The van der Waals surface area contributed by atoms with Gasteiger partial charge in [-0.3, -0.25) is 14.5 Å². The van der Waals surface area contributed by atoms with Gasteiger partial charge in [-0.1, -0.05) is 13.8 Å². The molecule has 1 amide bonds. The lowest BCUT2D eigenvalue weighted by atomic mass is 9.81. The molecule has 0 bridgehead atoms. The summed E-state index contributed by atoms with van der Waals surface area (Å²) in [6, 6.07) is -0.228. The third-order valence-electron chi connectivity index (χ3n) is 4.15. The average Bonchev–Trinajstić information content (AvgIpc) is 2.66. The summed E-state index contributed by atoms with van der Waals surface area (Å²) in [4.78, 5) is 36.2. The smallest absolute Gasteiger partial charge is 0.370 e. The van der Waals surface area contributed by atoms with E-state index >= 15 is 0 Å². The van der Waals surface area contributed by atoms with Gasteiger partial charge in [0.1, 0.15) is 0 Å². The van der Waals surface area contributed by atoms with Crippen LogP contribution in [0.3, 0.4) is 0 Å². The van der Waals surface area contributed by atoms with E-state index in [4.69, 9.17) is 4.74 Å². The highest BCUT2D eigenvalue weighted by molar-refractivity contribution is 5.95. The molecule has 0 aromatic heterocycles. The zero-order valence-corrected chi connectivity index (χ0v) is 10.7. The number of hydrogen-bond donors (Lipinski definition) is 1. The third-order valence-corrected chi connectivity index (χ3v) is 4.15. The van der Waals surface area contributed by atoms with Crippen LogP contribution in [0, 0.1) is 11.8 Å². The fourth-order valence-corrected chi connectivity index (χ4v) is 2.86. The van der Waals surface area contributed by atoms with Crippen LogP contribution in [0.5, 0.6) is 0 Å². The number of rotatable bonds is 3. The van der Waals surface area contributed by atoms with Crippen molar-refractivity contribution in [1.29, 1.82) is 0 Å². The van der Waals surface area contributed by atoms with E-state index in [1.807, 2.05) is 0 Å². The van der Waals surface area contributed by atoms with Crippen molar-refractivity contribution in [3.8, 4) is 0 Å². The lowest BCUT2D eigenvalue weighted by Crippen LogP contribution is -2.72. The van der Waals surface area contributed by atoms with Crippen LogP contribution in [-0.4, -0.2) is 39.6 Å². The number of aliphatic carboxylic acids is 1. The Morgan fingerprint density at radius 1 is 1.50 bits per heavy atom. The summed E-state index contributed by atoms with van der Waals surface area (Å²) in [5.41, 5.74) is -1.80. The summed E-state index contributed by atoms with van der Waals surface area (Å²) in [6.45, 7) is 5.31. The average molecular weight is 255 g/mol. The van der Waals surface area contributed by atoms with Crippen LogP contribution >= 0.6 is 0 Å². The molecule has 0 aromatic carbocycles. The van der Waals surface area contributed by atoms with Crippen LogP contribution in [0.25, 0.3) is 0 Å². The Labute approximate surface area is 105 Å². The van der Waals surface area contributed by atoms with E-state index in [1.54, 1.807) is 20.8 Å².